The summed E-state index contributed by atoms with van der Waals surface area (Å²) in [5.41, 5.74) is 1.01. The second kappa shape index (κ2) is 5.03. The Hall–Kier alpha value is -3.12. The molecule has 0 spiro atoms. The average Bonchev–Trinajstić information content (AvgIpc) is 2.44. The van der Waals surface area contributed by atoms with Gasteiger partial charge in [0.2, 0.25) is 0 Å². The second-order valence-electron chi connectivity index (χ2n) is 3.82. The van der Waals surface area contributed by atoms with E-state index in [2.05, 4.69) is 10.3 Å². The monoisotopic (exact) mass is 251 g/mol. The van der Waals surface area contributed by atoms with Gasteiger partial charge in [-0.1, -0.05) is 0 Å². The van der Waals surface area contributed by atoms with Gasteiger partial charge in [-0.25, -0.2) is 4.98 Å². The molecule has 6 heteroatoms. The van der Waals surface area contributed by atoms with Crippen LogP contribution in [0.5, 0.6) is 0 Å². The van der Waals surface area contributed by atoms with Crippen molar-refractivity contribution in [3.05, 3.63) is 46.7 Å². The highest BCUT2D eigenvalue weighted by Gasteiger charge is 2.02. The van der Waals surface area contributed by atoms with Crippen LogP contribution in [0.15, 0.2) is 41.1 Å². The maximum atomic E-state index is 11.9. The van der Waals surface area contributed by atoms with Crippen molar-refractivity contribution in [2.24, 2.45) is 7.05 Å². The number of hydrogen-bond donors (Lipinski definition) is 1. The first-order valence-electron chi connectivity index (χ1n) is 5.38. The van der Waals surface area contributed by atoms with Crippen LogP contribution in [-0.4, -0.2) is 9.55 Å². The van der Waals surface area contributed by atoms with Crippen LogP contribution in [0, 0.1) is 22.7 Å². The number of nitrogens with one attached hydrogen (secondary N) is 1. The van der Waals surface area contributed by atoms with E-state index in [1.807, 2.05) is 0 Å². The predicted octanol–water partition coefficient (Wildman–Crippen LogP) is 1.28. The second-order valence-corrected chi connectivity index (χ2v) is 3.82. The van der Waals surface area contributed by atoms with Crippen molar-refractivity contribution in [1.82, 2.24) is 9.55 Å². The van der Waals surface area contributed by atoms with Gasteiger partial charge in [0.25, 0.3) is 5.56 Å². The van der Waals surface area contributed by atoms with Gasteiger partial charge in [0, 0.05) is 18.9 Å². The van der Waals surface area contributed by atoms with E-state index in [1.54, 1.807) is 37.4 Å². The SMILES string of the molecule is Cn1cnc2ccc(NC=C(C#N)C#N)cc2c1=O. The Bertz CT molecular complexity index is 788. The number of nitriles is 2. The predicted molar refractivity (Wildman–Crippen MR) is 69.9 cm³/mol. The number of allylic oxidation sites excluding steroid dienone is 1. The van der Waals surface area contributed by atoms with E-state index < -0.39 is 0 Å². The summed E-state index contributed by atoms with van der Waals surface area (Å²) in [7, 11) is 1.62. The summed E-state index contributed by atoms with van der Waals surface area (Å²) >= 11 is 0. The molecule has 0 aliphatic rings. The summed E-state index contributed by atoms with van der Waals surface area (Å²) in [6, 6.07) is 8.53. The van der Waals surface area contributed by atoms with Crippen LogP contribution in [0.1, 0.15) is 0 Å². The van der Waals surface area contributed by atoms with E-state index in [0.717, 1.165) is 0 Å². The Kier molecular flexibility index (Phi) is 3.26. The van der Waals surface area contributed by atoms with E-state index >= 15 is 0 Å². The van der Waals surface area contributed by atoms with E-state index in [4.69, 9.17) is 10.5 Å². The highest BCUT2D eigenvalue weighted by molar-refractivity contribution is 5.81. The zero-order valence-corrected chi connectivity index (χ0v) is 10.1. The third-order valence-corrected chi connectivity index (χ3v) is 2.54. The molecule has 0 amide bonds. The van der Waals surface area contributed by atoms with Crippen molar-refractivity contribution in [3.8, 4) is 12.1 Å². The molecule has 0 saturated heterocycles. The van der Waals surface area contributed by atoms with Gasteiger partial charge in [0.1, 0.15) is 17.7 Å². The van der Waals surface area contributed by atoms with Gasteiger partial charge in [0.15, 0.2) is 0 Å². The van der Waals surface area contributed by atoms with Gasteiger partial charge in [-0.15, -0.1) is 0 Å². The van der Waals surface area contributed by atoms with Crippen LogP contribution in [0.25, 0.3) is 10.9 Å². The maximum Gasteiger partial charge on any atom is 0.260 e. The van der Waals surface area contributed by atoms with E-state index in [0.29, 0.717) is 16.6 Å². The summed E-state index contributed by atoms with van der Waals surface area (Å²) in [5.74, 6) is 0. The normalized spacial score (nSPS) is 9.42. The van der Waals surface area contributed by atoms with Crippen LogP contribution in [-0.2, 0) is 7.05 Å². The van der Waals surface area contributed by atoms with Gasteiger partial charge in [-0.2, -0.15) is 10.5 Å². The molecule has 1 N–H and O–H groups in total. The molecule has 0 aliphatic heterocycles. The van der Waals surface area contributed by atoms with Gasteiger partial charge < -0.3 is 9.88 Å². The molecule has 0 atom stereocenters. The lowest BCUT2D eigenvalue weighted by Crippen LogP contribution is -2.16. The Morgan fingerprint density at radius 1 is 1.42 bits per heavy atom. The fourth-order valence-electron chi connectivity index (χ4n) is 1.55. The molecule has 2 rings (SSSR count). The number of nitrogens with zero attached hydrogens (tertiary/aromatic N) is 4. The Morgan fingerprint density at radius 3 is 2.84 bits per heavy atom. The summed E-state index contributed by atoms with van der Waals surface area (Å²) in [6.45, 7) is 0. The van der Waals surface area contributed by atoms with Crippen LogP contribution in [0.4, 0.5) is 5.69 Å². The van der Waals surface area contributed by atoms with Crippen molar-refractivity contribution in [1.29, 1.82) is 10.5 Å². The highest BCUT2D eigenvalue weighted by Crippen LogP contribution is 2.14. The van der Waals surface area contributed by atoms with Gasteiger partial charge in [-0.05, 0) is 18.2 Å². The molecule has 2 aromatic rings. The molecule has 1 aromatic heterocycles. The molecule has 1 heterocycles. The Morgan fingerprint density at radius 2 is 2.16 bits per heavy atom. The van der Waals surface area contributed by atoms with Gasteiger partial charge in [-0.3, -0.25) is 4.79 Å². The third kappa shape index (κ3) is 2.43. The maximum absolute atomic E-state index is 11.9. The van der Waals surface area contributed by atoms with Crippen LogP contribution >= 0.6 is 0 Å². The van der Waals surface area contributed by atoms with Crippen molar-refractivity contribution >= 4 is 16.6 Å². The zero-order chi connectivity index (χ0) is 13.8. The van der Waals surface area contributed by atoms with Crippen molar-refractivity contribution in [2.45, 2.75) is 0 Å². The van der Waals surface area contributed by atoms with Crippen molar-refractivity contribution in [2.75, 3.05) is 5.32 Å². The van der Waals surface area contributed by atoms with E-state index in [9.17, 15) is 4.79 Å². The minimum Gasteiger partial charge on any atom is -0.360 e. The standard InChI is InChI=1S/C13H9N5O/c1-18-8-17-12-3-2-10(4-11(12)13(18)19)16-7-9(5-14)6-15/h2-4,7-8,16H,1H3. The summed E-state index contributed by atoms with van der Waals surface area (Å²) in [4.78, 5) is 16.0. The number of rotatable bonds is 2. The summed E-state index contributed by atoms with van der Waals surface area (Å²) in [6.07, 6.45) is 2.75. The fourth-order valence-corrected chi connectivity index (χ4v) is 1.55. The Balaban J connectivity index is 2.46. The molecule has 19 heavy (non-hydrogen) atoms. The first-order chi connectivity index (χ1) is 9.15. The van der Waals surface area contributed by atoms with Crippen molar-refractivity contribution < 1.29 is 0 Å². The molecule has 0 radical (unpaired) electrons. The molecule has 1 aromatic carbocycles. The first-order valence-corrected chi connectivity index (χ1v) is 5.38. The topological polar surface area (TPSA) is 94.5 Å². The third-order valence-electron chi connectivity index (χ3n) is 2.54. The lowest BCUT2D eigenvalue weighted by Gasteiger charge is -2.04. The minimum atomic E-state index is -0.154. The number of fused-ring (bicyclic) bond motifs is 1. The minimum absolute atomic E-state index is 0.0424. The smallest absolute Gasteiger partial charge is 0.260 e. The molecule has 0 bridgehead atoms. The molecule has 0 unspecified atom stereocenters. The summed E-state index contributed by atoms with van der Waals surface area (Å²) in [5, 5.41) is 20.5. The van der Waals surface area contributed by atoms with Crippen LogP contribution in [0.3, 0.4) is 0 Å². The fraction of sp³-hybridized carbons (Fsp3) is 0.0769. The molecule has 6 nitrogen and oxygen atoms in total. The molecule has 0 aliphatic carbocycles. The lowest BCUT2D eigenvalue weighted by atomic mass is 10.2. The number of aryl methyl sites for hydroxylation is 1. The molecular weight excluding hydrogens is 242 g/mol. The number of benzene rings is 1. The molecule has 0 fully saturated rings. The molecular formula is C13H9N5O. The zero-order valence-electron chi connectivity index (χ0n) is 10.1. The number of hydrogen-bond acceptors (Lipinski definition) is 5. The largest absolute Gasteiger partial charge is 0.360 e. The van der Waals surface area contributed by atoms with Gasteiger partial charge in [0.05, 0.1) is 17.2 Å². The van der Waals surface area contributed by atoms with Gasteiger partial charge >= 0.3 is 0 Å². The average molecular weight is 251 g/mol. The number of anilines is 1. The van der Waals surface area contributed by atoms with E-state index in [1.165, 1.54) is 17.1 Å². The summed E-state index contributed by atoms with van der Waals surface area (Å²) < 4.78 is 1.39. The molecule has 92 valence electrons. The molecule has 0 saturated carbocycles. The lowest BCUT2D eigenvalue weighted by molar-refractivity contribution is 0.843. The van der Waals surface area contributed by atoms with Crippen LogP contribution in [0.2, 0.25) is 0 Å². The Labute approximate surface area is 108 Å². The van der Waals surface area contributed by atoms with Crippen LogP contribution < -0.4 is 10.9 Å². The quantitative estimate of drug-likeness (QED) is 0.811. The van der Waals surface area contributed by atoms with Crippen molar-refractivity contribution in [3.63, 3.8) is 0 Å². The number of aromatic nitrogens is 2. The highest BCUT2D eigenvalue weighted by atomic mass is 16.1. The van der Waals surface area contributed by atoms with E-state index in [-0.39, 0.29) is 11.1 Å². The first kappa shape index (κ1) is 12.3.